The van der Waals surface area contributed by atoms with E-state index < -0.39 is 0 Å². The van der Waals surface area contributed by atoms with Gasteiger partial charge in [-0.05, 0) is 41.5 Å². The number of benzene rings is 2. The molecule has 0 aliphatic carbocycles. The summed E-state index contributed by atoms with van der Waals surface area (Å²) in [7, 11) is 0. The van der Waals surface area contributed by atoms with Gasteiger partial charge in [-0.25, -0.2) is 0 Å². The molecule has 2 heterocycles. The number of hydrogen-bond donors (Lipinski definition) is 1. The number of nitriles is 1. The maximum Gasteiger partial charge on any atom is 0.246 e. The molecule has 0 spiro atoms. The quantitative estimate of drug-likeness (QED) is 0.683. The molecule has 0 radical (unpaired) electrons. The molecule has 1 saturated heterocycles. The molecule has 1 aliphatic rings. The molecule has 2 aromatic carbocycles. The van der Waals surface area contributed by atoms with Gasteiger partial charge in [-0.3, -0.25) is 14.7 Å². The lowest BCUT2D eigenvalue weighted by atomic mass is 10.1. The first-order chi connectivity index (χ1) is 14.6. The number of aromatic nitrogens is 1. The Labute approximate surface area is 175 Å². The minimum absolute atomic E-state index is 0.00158. The van der Waals surface area contributed by atoms with Gasteiger partial charge < -0.3 is 10.0 Å². The van der Waals surface area contributed by atoms with Gasteiger partial charge in [0.2, 0.25) is 5.91 Å². The molecular weight excluding hydrogens is 376 g/mol. The molecule has 4 rings (SSSR count). The molecule has 6 heteroatoms. The number of aromatic hydroxyl groups is 1. The molecule has 0 bridgehead atoms. The fraction of sp³-hybridized carbons (Fsp3) is 0.208. The minimum Gasteiger partial charge on any atom is -0.506 e. The standard InChI is InChI=1S/C24H22N4O2/c25-16-19-5-3-18(4-6-19)7-10-23(30)28-14-12-27(13-15-28)17-20-8-9-22(29)24-21(20)2-1-11-26-24/h1-11,29H,12-15,17H2/b10-7+. The number of phenols is 1. The highest BCUT2D eigenvalue weighted by Gasteiger charge is 2.20. The molecule has 0 saturated carbocycles. The maximum absolute atomic E-state index is 12.5. The van der Waals surface area contributed by atoms with Gasteiger partial charge in [-0.15, -0.1) is 0 Å². The second kappa shape index (κ2) is 8.76. The van der Waals surface area contributed by atoms with E-state index in [-0.39, 0.29) is 11.7 Å². The van der Waals surface area contributed by atoms with E-state index in [1.54, 1.807) is 36.5 Å². The van der Waals surface area contributed by atoms with Crippen LogP contribution in [0.1, 0.15) is 16.7 Å². The average molecular weight is 398 g/mol. The molecule has 0 unspecified atom stereocenters. The highest BCUT2D eigenvalue weighted by atomic mass is 16.3. The number of pyridine rings is 1. The zero-order chi connectivity index (χ0) is 20.9. The topological polar surface area (TPSA) is 80.5 Å². The molecule has 1 N–H and O–H groups in total. The second-order valence-electron chi connectivity index (χ2n) is 7.31. The Kier molecular flexibility index (Phi) is 5.73. The highest BCUT2D eigenvalue weighted by Crippen LogP contribution is 2.26. The van der Waals surface area contributed by atoms with Crippen LogP contribution in [-0.2, 0) is 11.3 Å². The average Bonchev–Trinajstić information content (AvgIpc) is 2.80. The van der Waals surface area contributed by atoms with E-state index in [1.165, 1.54) is 0 Å². The first-order valence-corrected chi connectivity index (χ1v) is 9.89. The summed E-state index contributed by atoms with van der Waals surface area (Å²) < 4.78 is 0. The van der Waals surface area contributed by atoms with Gasteiger partial charge in [0.25, 0.3) is 0 Å². The first kappa shape index (κ1) is 19.6. The molecule has 3 aromatic rings. The third-order valence-electron chi connectivity index (χ3n) is 5.37. The summed E-state index contributed by atoms with van der Waals surface area (Å²) in [6.07, 6.45) is 5.06. The number of fused-ring (bicyclic) bond motifs is 1. The number of hydrogen-bond acceptors (Lipinski definition) is 5. The molecule has 30 heavy (non-hydrogen) atoms. The van der Waals surface area contributed by atoms with E-state index in [2.05, 4.69) is 16.0 Å². The lowest BCUT2D eigenvalue weighted by Gasteiger charge is -2.34. The Balaban J connectivity index is 1.35. The van der Waals surface area contributed by atoms with Gasteiger partial charge in [-0.2, -0.15) is 5.26 Å². The van der Waals surface area contributed by atoms with Crippen molar-refractivity contribution in [2.75, 3.05) is 26.2 Å². The smallest absolute Gasteiger partial charge is 0.246 e. The van der Waals surface area contributed by atoms with Crippen LogP contribution < -0.4 is 0 Å². The van der Waals surface area contributed by atoms with E-state index >= 15 is 0 Å². The number of rotatable bonds is 4. The molecule has 150 valence electrons. The first-order valence-electron chi connectivity index (χ1n) is 9.89. The van der Waals surface area contributed by atoms with E-state index in [4.69, 9.17) is 5.26 Å². The molecule has 6 nitrogen and oxygen atoms in total. The Bertz CT molecular complexity index is 1120. The predicted molar refractivity (Wildman–Crippen MR) is 115 cm³/mol. The SMILES string of the molecule is N#Cc1ccc(/C=C/C(=O)N2CCN(Cc3ccc(O)c4ncccc34)CC2)cc1. The fourth-order valence-corrected chi connectivity index (χ4v) is 3.66. The number of carbonyl (C=O) groups excluding carboxylic acids is 1. The summed E-state index contributed by atoms with van der Waals surface area (Å²) in [6, 6.07) is 16.7. The number of nitrogens with zero attached hydrogens (tertiary/aromatic N) is 4. The summed E-state index contributed by atoms with van der Waals surface area (Å²) >= 11 is 0. The third-order valence-corrected chi connectivity index (χ3v) is 5.37. The molecule has 1 fully saturated rings. The van der Waals surface area contributed by atoms with Crippen molar-refractivity contribution in [3.8, 4) is 11.8 Å². The van der Waals surface area contributed by atoms with E-state index in [0.29, 0.717) is 24.2 Å². The predicted octanol–water partition coefficient (Wildman–Crippen LogP) is 3.17. The number of carbonyl (C=O) groups is 1. The van der Waals surface area contributed by atoms with Crippen molar-refractivity contribution in [3.05, 3.63) is 77.5 Å². The lowest BCUT2D eigenvalue weighted by molar-refractivity contribution is -0.127. The largest absolute Gasteiger partial charge is 0.506 e. The highest BCUT2D eigenvalue weighted by molar-refractivity contribution is 5.92. The van der Waals surface area contributed by atoms with Crippen LogP contribution >= 0.6 is 0 Å². The van der Waals surface area contributed by atoms with Crippen LogP contribution in [0.15, 0.2) is 60.8 Å². The number of amides is 1. The summed E-state index contributed by atoms with van der Waals surface area (Å²) in [4.78, 5) is 21.0. The molecule has 1 amide bonds. The number of piperazine rings is 1. The number of phenolic OH excluding ortho intramolecular Hbond substituents is 1. The normalized spacial score (nSPS) is 14.8. The van der Waals surface area contributed by atoms with E-state index in [9.17, 15) is 9.90 Å². The summed E-state index contributed by atoms with van der Waals surface area (Å²) in [5, 5.41) is 19.8. The zero-order valence-corrected chi connectivity index (χ0v) is 16.5. The van der Waals surface area contributed by atoms with Crippen molar-refractivity contribution in [2.45, 2.75) is 6.54 Å². The fourth-order valence-electron chi connectivity index (χ4n) is 3.66. The molecule has 0 atom stereocenters. The van der Waals surface area contributed by atoms with Crippen LogP contribution in [0.25, 0.3) is 17.0 Å². The van der Waals surface area contributed by atoms with Crippen LogP contribution in [0, 0.1) is 11.3 Å². The van der Waals surface area contributed by atoms with Crippen molar-refractivity contribution >= 4 is 22.9 Å². The molecule has 1 aromatic heterocycles. The van der Waals surface area contributed by atoms with Gasteiger partial charge in [-0.1, -0.05) is 24.3 Å². The van der Waals surface area contributed by atoms with Crippen molar-refractivity contribution in [1.29, 1.82) is 5.26 Å². The van der Waals surface area contributed by atoms with Crippen molar-refractivity contribution in [2.24, 2.45) is 0 Å². The van der Waals surface area contributed by atoms with Crippen LogP contribution in [0.5, 0.6) is 5.75 Å². The van der Waals surface area contributed by atoms with E-state index in [0.717, 1.165) is 36.1 Å². The third kappa shape index (κ3) is 4.32. The maximum atomic E-state index is 12.5. The van der Waals surface area contributed by atoms with Crippen molar-refractivity contribution in [3.63, 3.8) is 0 Å². The Morgan fingerprint density at radius 3 is 2.60 bits per heavy atom. The van der Waals surface area contributed by atoms with Crippen molar-refractivity contribution in [1.82, 2.24) is 14.8 Å². The van der Waals surface area contributed by atoms with Gasteiger partial charge in [0.1, 0.15) is 11.3 Å². The summed E-state index contributed by atoms with van der Waals surface area (Å²) in [5.41, 5.74) is 3.24. The molecular formula is C24H22N4O2. The minimum atomic E-state index is -0.00158. The summed E-state index contributed by atoms with van der Waals surface area (Å²) in [5.74, 6) is 0.192. The summed E-state index contributed by atoms with van der Waals surface area (Å²) in [6.45, 7) is 3.68. The van der Waals surface area contributed by atoms with Crippen molar-refractivity contribution < 1.29 is 9.90 Å². The van der Waals surface area contributed by atoms with Gasteiger partial charge in [0.15, 0.2) is 0 Å². The lowest BCUT2D eigenvalue weighted by Crippen LogP contribution is -2.47. The van der Waals surface area contributed by atoms with E-state index in [1.807, 2.05) is 35.2 Å². The second-order valence-corrected chi connectivity index (χ2v) is 7.31. The van der Waals surface area contributed by atoms with Crippen LogP contribution in [-0.4, -0.2) is 52.0 Å². The molecule has 1 aliphatic heterocycles. The van der Waals surface area contributed by atoms with Crippen LogP contribution in [0.4, 0.5) is 0 Å². The van der Waals surface area contributed by atoms with Gasteiger partial charge in [0, 0.05) is 50.4 Å². The zero-order valence-electron chi connectivity index (χ0n) is 16.5. The van der Waals surface area contributed by atoms with Crippen LogP contribution in [0.3, 0.4) is 0 Å². The Morgan fingerprint density at radius 1 is 1.10 bits per heavy atom. The van der Waals surface area contributed by atoms with Crippen LogP contribution in [0.2, 0.25) is 0 Å². The Hall–Kier alpha value is -3.69. The van der Waals surface area contributed by atoms with Gasteiger partial charge in [0.05, 0.1) is 11.6 Å². The van der Waals surface area contributed by atoms with Gasteiger partial charge >= 0.3 is 0 Å². The monoisotopic (exact) mass is 398 g/mol. The Morgan fingerprint density at radius 2 is 1.87 bits per heavy atom.